The van der Waals surface area contributed by atoms with Crippen LogP contribution in [-0.4, -0.2) is 41.1 Å². The molecule has 1 amide bonds. The molecule has 0 atom stereocenters. The number of aliphatic hydroxyl groups excluding tert-OH is 1. The highest BCUT2D eigenvalue weighted by Crippen LogP contribution is 2.21. The number of ether oxygens (including phenoxy) is 1. The Hall–Kier alpha value is -1.62. The summed E-state index contributed by atoms with van der Waals surface area (Å²) in [5, 5.41) is 9.26. The molecular formula is C12H18N2O3. The Labute approximate surface area is 101 Å². The van der Waals surface area contributed by atoms with Gasteiger partial charge in [-0.15, -0.1) is 0 Å². The first kappa shape index (κ1) is 13.4. The summed E-state index contributed by atoms with van der Waals surface area (Å²) in [5.74, 6) is 0.0949. The SMILES string of the molecule is CCN(CC)C(=O)c1c(CO)ccnc1OC. The van der Waals surface area contributed by atoms with Gasteiger partial charge in [0.25, 0.3) is 5.91 Å². The molecule has 1 rings (SSSR count). The van der Waals surface area contributed by atoms with E-state index in [1.54, 1.807) is 11.0 Å². The van der Waals surface area contributed by atoms with E-state index >= 15 is 0 Å². The fourth-order valence-electron chi connectivity index (χ4n) is 1.66. The Bertz CT molecular complexity index is 367. The maximum absolute atomic E-state index is 12.3. The van der Waals surface area contributed by atoms with Crippen molar-refractivity contribution >= 4 is 5.91 Å². The first-order valence-electron chi connectivity index (χ1n) is 5.61. The van der Waals surface area contributed by atoms with Crippen LogP contribution < -0.4 is 4.74 Å². The van der Waals surface area contributed by atoms with E-state index in [4.69, 9.17) is 4.74 Å². The minimum atomic E-state index is -0.207. The van der Waals surface area contributed by atoms with Crippen molar-refractivity contribution in [2.75, 3.05) is 20.2 Å². The Morgan fingerprint density at radius 1 is 1.47 bits per heavy atom. The normalized spacial score (nSPS) is 10.1. The standard InChI is InChI=1S/C12H18N2O3/c1-4-14(5-2)12(16)10-9(8-15)6-7-13-11(10)17-3/h6-7,15H,4-5,8H2,1-3H3. The van der Waals surface area contributed by atoms with Gasteiger partial charge in [-0.05, 0) is 25.5 Å². The van der Waals surface area contributed by atoms with Crippen molar-refractivity contribution in [3.8, 4) is 5.88 Å². The highest BCUT2D eigenvalue weighted by Gasteiger charge is 2.21. The van der Waals surface area contributed by atoms with Crippen LogP contribution >= 0.6 is 0 Å². The third-order valence-corrected chi connectivity index (χ3v) is 2.63. The van der Waals surface area contributed by atoms with Crippen molar-refractivity contribution in [3.05, 3.63) is 23.4 Å². The Balaban J connectivity index is 3.22. The molecule has 0 aliphatic carbocycles. The number of pyridine rings is 1. The van der Waals surface area contributed by atoms with E-state index in [2.05, 4.69) is 4.98 Å². The number of hydrogen-bond acceptors (Lipinski definition) is 4. The number of nitrogens with zero attached hydrogens (tertiary/aromatic N) is 2. The zero-order valence-electron chi connectivity index (χ0n) is 10.4. The summed E-state index contributed by atoms with van der Waals surface area (Å²) in [7, 11) is 1.46. The van der Waals surface area contributed by atoms with E-state index in [9.17, 15) is 9.90 Å². The van der Waals surface area contributed by atoms with Gasteiger partial charge < -0.3 is 14.7 Å². The number of amides is 1. The van der Waals surface area contributed by atoms with Gasteiger partial charge in [0.15, 0.2) is 0 Å². The average Bonchev–Trinajstić information content (AvgIpc) is 2.38. The molecule has 0 radical (unpaired) electrons. The van der Waals surface area contributed by atoms with Crippen molar-refractivity contribution in [2.45, 2.75) is 20.5 Å². The summed E-state index contributed by atoms with van der Waals surface area (Å²) in [6.45, 7) is 4.82. The quantitative estimate of drug-likeness (QED) is 0.833. The van der Waals surface area contributed by atoms with E-state index in [0.717, 1.165) is 0 Å². The second kappa shape index (κ2) is 6.20. The number of aliphatic hydroxyl groups is 1. The highest BCUT2D eigenvalue weighted by molar-refractivity contribution is 5.97. The molecule has 5 nitrogen and oxygen atoms in total. The number of carbonyl (C=O) groups excluding carboxylic acids is 1. The lowest BCUT2D eigenvalue weighted by atomic mass is 10.1. The molecular weight excluding hydrogens is 220 g/mol. The number of carbonyl (C=O) groups is 1. The van der Waals surface area contributed by atoms with Gasteiger partial charge in [-0.1, -0.05) is 0 Å². The molecule has 0 aliphatic heterocycles. The Kier molecular flexibility index (Phi) is 4.90. The largest absolute Gasteiger partial charge is 0.480 e. The van der Waals surface area contributed by atoms with Crippen LogP contribution in [0.15, 0.2) is 12.3 Å². The summed E-state index contributed by atoms with van der Waals surface area (Å²) in [4.78, 5) is 17.9. The Morgan fingerprint density at radius 3 is 2.59 bits per heavy atom. The highest BCUT2D eigenvalue weighted by atomic mass is 16.5. The lowest BCUT2D eigenvalue weighted by Gasteiger charge is -2.20. The molecule has 1 aromatic rings. The molecule has 0 fully saturated rings. The van der Waals surface area contributed by atoms with Gasteiger partial charge >= 0.3 is 0 Å². The van der Waals surface area contributed by atoms with E-state index in [-0.39, 0.29) is 18.4 Å². The van der Waals surface area contributed by atoms with Crippen LogP contribution in [-0.2, 0) is 6.61 Å². The predicted octanol–water partition coefficient (Wildman–Crippen LogP) is 1.06. The fraction of sp³-hybridized carbons (Fsp3) is 0.500. The molecule has 1 aromatic heterocycles. The van der Waals surface area contributed by atoms with Gasteiger partial charge in [0.05, 0.1) is 13.7 Å². The van der Waals surface area contributed by atoms with Gasteiger partial charge in [-0.2, -0.15) is 0 Å². The zero-order valence-corrected chi connectivity index (χ0v) is 10.4. The van der Waals surface area contributed by atoms with E-state index in [0.29, 0.717) is 24.2 Å². The third kappa shape index (κ3) is 2.74. The van der Waals surface area contributed by atoms with Crippen molar-refractivity contribution in [1.82, 2.24) is 9.88 Å². The smallest absolute Gasteiger partial charge is 0.259 e. The molecule has 0 bridgehead atoms. The van der Waals surface area contributed by atoms with Gasteiger partial charge in [-0.25, -0.2) is 4.98 Å². The van der Waals surface area contributed by atoms with Crippen LogP contribution in [0.5, 0.6) is 5.88 Å². The average molecular weight is 238 g/mol. The molecule has 1 N–H and O–H groups in total. The van der Waals surface area contributed by atoms with Crippen molar-refractivity contribution in [3.63, 3.8) is 0 Å². The second-order valence-corrected chi connectivity index (χ2v) is 3.49. The molecule has 17 heavy (non-hydrogen) atoms. The van der Waals surface area contributed by atoms with Crippen LogP contribution in [0.25, 0.3) is 0 Å². The number of aromatic nitrogens is 1. The van der Waals surface area contributed by atoms with Gasteiger partial charge in [0.2, 0.25) is 5.88 Å². The Morgan fingerprint density at radius 2 is 2.12 bits per heavy atom. The molecule has 0 saturated carbocycles. The van der Waals surface area contributed by atoms with Crippen molar-refractivity contribution in [1.29, 1.82) is 0 Å². The lowest BCUT2D eigenvalue weighted by molar-refractivity contribution is 0.0765. The van der Waals surface area contributed by atoms with Gasteiger partial charge in [-0.3, -0.25) is 4.79 Å². The summed E-state index contributed by atoms with van der Waals surface area (Å²) < 4.78 is 5.08. The molecule has 0 aromatic carbocycles. The van der Waals surface area contributed by atoms with Crippen LogP contribution in [0.1, 0.15) is 29.8 Å². The number of hydrogen-bond donors (Lipinski definition) is 1. The van der Waals surface area contributed by atoms with Crippen molar-refractivity contribution < 1.29 is 14.6 Å². The molecule has 5 heteroatoms. The first-order chi connectivity index (χ1) is 8.19. The number of rotatable bonds is 5. The summed E-state index contributed by atoms with van der Waals surface area (Å²) in [6, 6.07) is 1.62. The minimum absolute atomic E-state index is 0.163. The first-order valence-corrected chi connectivity index (χ1v) is 5.61. The van der Waals surface area contributed by atoms with Crippen LogP contribution in [0.4, 0.5) is 0 Å². The maximum Gasteiger partial charge on any atom is 0.259 e. The van der Waals surface area contributed by atoms with E-state index in [1.807, 2.05) is 13.8 Å². The number of methoxy groups -OCH3 is 1. The molecule has 0 aliphatic rings. The third-order valence-electron chi connectivity index (χ3n) is 2.63. The molecule has 0 spiro atoms. The second-order valence-electron chi connectivity index (χ2n) is 3.49. The summed E-state index contributed by atoms with van der Waals surface area (Å²) in [6.07, 6.45) is 1.52. The van der Waals surface area contributed by atoms with Gasteiger partial charge in [0.1, 0.15) is 5.56 Å². The van der Waals surface area contributed by atoms with Gasteiger partial charge in [0, 0.05) is 19.3 Å². The lowest BCUT2D eigenvalue weighted by Crippen LogP contribution is -2.31. The monoisotopic (exact) mass is 238 g/mol. The molecule has 94 valence electrons. The van der Waals surface area contributed by atoms with Crippen LogP contribution in [0.2, 0.25) is 0 Å². The van der Waals surface area contributed by atoms with Crippen molar-refractivity contribution in [2.24, 2.45) is 0 Å². The van der Waals surface area contributed by atoms with Crippen LogP contribution in [0, 0.1) is 0 Å². The molecule has 0 saturated heterocycles. The summed E-state index contributed by atoms with van der Waals surface area (Å²) in [5.41, 5.74) is 0.884. The maximum atomic E-state index is 12.3. The summed E-state index contributed by atoms with van der Waals surface area (Å²) >= 11 is 0. The molecule has 1 heterocycles. The zero-order chi connectivity index (χ0) is 12.8. The van der Waals surface area contributed by atoms with E-state index in [1.165, 1.54) is 13.3 Å². The van der Waals surface area contributed by atoms with Crippen LogP contribution in [0.3, 0.4) is 0 Å². The van der Waals surface area contributed by atoms with E-state index < -0.39 is 0 Å². The predicted molar refractivity (Wildman–Crippen MR) is 64.0 cm³/mol. The topological polar surface area (TPSA) is 62.7 Å². The minimum Gasteiger partial charge on any atom is -0.480 e. The molecule has 0 unspecified atom stereocenters. The fourth-order valence-corrected chi connectivity index (χ4v) is 1.66.